The van der Waals surface area contributed by atoms with Crippen molar-refractivity contribution in [2.45, 2.75) is 38.5 Å². The maximum Gasteiger partial charge on any atom is 0.194 e. The minimum absolute atomic E-state index is 0. The molecule has 0 amide bonds. The first-order chi connectivity index (χ1) is 14.2. The van der Waals surface area contributed by atoms with Gasteiger partial charge in [-0.2, -0.15) is 0 Å². The minimum atomic E-state index is 0. The Balaban J connectivity index is 0.00000320. The number of methoxy groups -OCH3 is 3. The molecule has 30 heavy (non-hydrogen) atoms. The van der Waals surface area contributed by atoms with E-state index < -0.39 is 0 Å². The summed E-state index contributed by atoms with van der Waals surface area (Å²) in [5.41, 5.74) is 0.935. The maximum absolute atomic E-state index is 5.98. The fourth-order valence-corrected chi connectivity index (χ4v) is 3.79. The Morgan fingerprint density at radius 3 is 2.40 bits per heavy atom. The molecule has 2 fully saturated rings. The summed E-state index contributed by atoms with van der Waals surface area (Å²) in [6, 6.07) is 3.75. The quantitative estimate of drug-likeness (QED) is 0.327. The Bertz CT molecular complexity index is 697. The molecule has 9 heteroatoms. The molecule has 0 spiro atoms. The number of benzene rings is 1. The second kappa shape index (κ2) is 12.4. The molecule has 2 saturated heterocycles. The van der Waals surface area contributed by atoms with Gasteiger partial charge in [0.2, 0.25) is 0 Å². The molecule has 2 atom stereocenters. The Labute approximate surface area is 196 Å². The van der Waals surface area contributed by atoms with Gasteiger partial charge in [-0.25, -0.2) is 4.99 Å². The van der Waals surface area contributed by atoms with Gasteiger partial charge in [-0.05, 0) is 25.8 Å². The predicted molar refractivity (Wildman–Crippen MR) is 127 cm³/mol. The number of halogens is 1. The number of guanidine groups is 1. The van der Waals surface area contributed by atoms with E-state index in [4.69, 9.17) is 28.7 Å². The Morgan fingerprint density at radius 1 is 1.07 bits per heavy atom. The van der Waals surface area contributed by atoms with Gasteiger partial charge in [0.1, 0.15) is 11.9 Å². The van der Waals surface area contributed by atoms with Crippen LogP contribution in [-0.2, 0) is 16.0 Å². The van der Waals surface area contributed by atoms with E-state index >= 15 is 0 Å². The van der Waals surface area contributed by atoms with Gasteiger partial charge >= 0.3 is 0 Å². The molecule has 2 aliphatic heterocycles. The third-order valence-electron chi connectivity index (χ3n) is 5.29. The lowest BCUT2D eigenvalue weighted by Gasteiger charge is -2.37. The molecule has 3 rings (SSSR count). The summed E-state index contributed by atoms with van der Waals surface area (Å²) in [7, 11) is 4.88. The van der Waals surface area contributed by atoms with Gasteiger partial charge in [0, 0.05) is 37.9 Å². The number of aliphatic imine (C=N–C) groups is 1. The van der Waals surface area contributed by atoms with Crippen LogP contribution in [0, 0.1) is 0 Å². The summed E-state index contributed by atoms with van der Waals surface area (Å²) >= 11 is 0. The van der Waals surface area contributed by atoms with E-state index in [-0.39, 0.29) is 36.2 Å². The molecule has 2 heterocycles. The van der Waals surface area contributed by atoms with E-state index in [1.54, 1.807) is 21.3 Å². The fourth-order valence-electron chi connectivity index (χ4n) is 3.79. The molecule has 1 aromatic rings. The van der Waals surface area contributed by atoms with Crippen LogP contribution in [0.2, 0.25) is 0 Å². The van der Waals surface area contributed by atoms with Crippen molar-refractivity contribution >= 4 is 29.9 Å². The maximum atomic E-state index is 5.98. The van der Waals surface area contributed by atoms with Gasteiger partial charge in [-0.3, -0.25) is 0 Å². The van der Waals surface area contributed by atoms with Crippen LogP contribution in [0.3, 0.4) is 0 Å². The molecule has 1 aromatic carbocycles. The zero-order valence-corrected chi connectivity index (χ0v) is 20.6. The Hall–Kier alpha value is -1.46. The van der Waals surface area contributed by atoms with Crippen molar-refractivity contribution in [1.29, 1.82) is 0 Å². The molecule has 0 saturated carbocycles. The zero-order chi connectivity index (χ0) is 20.6. The summed E-state index contributed by atoms with van der Waals surface area (Å²) in [5, 5.41) is 3.41. The highest BCUT2D eigenvalue weighted by Gasteiger charge is 2.32. The number of morpholine rings is 1. The Morgan fingerprint density at radius 2 is 1.77 bits per heavy atom. The van der Waals surface area contributed by atoms with Crippen LogP contribution >= 0.6 is 24.0 Å². The van der Waals surface area contributed by atoms with Gasteiger partial charge in [-0.1, -0.05) is 0 Å². The molecule has 170 valence electrons. The normalized spacial score (nSPS) is 21.7. The highest BCUT2D eigenvalue weighted by atomic mass is 127. The topological polar surface area (TPSA) is 73.8 Å². The van der Waals surface area contributed by atoms with Crippen molar-refractivity contribution in [3.05, 3.63) is 17.7 Å². The van der Waals surface area contributed by atoms with Crippen LogP contribution in [0.15, 0.2) is 17.1 Å². The number of nitrogens with one attached hydrogen (secondary N) is 1. The van der Waals surface area contributed by atoms with E-state index in [1.165, 1.54) is 0 Å². The van der Waals surface area contributed by atoms with E-state index in [0.29, 0.717) is 24.7 Å². The summed E-state index contributed by atoms with van der Waals surface area (Å²) in [4.78, 5) is 7.12. The third kappa shape index (κ3) is 6.04. The molecule has 8 nitrogen and oxygen atoms in total. The molecule has 0 aromatic heterocycles. The van der Waals surface area contributed by atoms with E-state index in [9.17, 15) is 0 Å². The van der Waals surface area contributed by atoms with E-state index in [0.717, 1.165) is 56.4 Å². The van der Waals surface area contributed by atoms with Gasteiger partial charge in [0.15, 0.2) is 17.5 Å². The molecular weight excluding hydrogens is 501 g/mol. The number of hydrogen-bond donors (Lipinski definition) is 1. The zero-order valence-electron chi connectivity index (χ0n) is 18.3. The van der Waals surface area contributed by atoms with Crippen molar-refractivity contribution in [1.82, 2.24) is 10.2 Å². The molecule has 1 N–H and O–H groups in total. The smallest absolute Gasteiger partial charge is 0.194 e. The molecule has 0 aliphatic carbocycles. The van der Waals surface area contributed by atoms with E-state index in [1.807, 2.05) is 12.1 Å². The minimum Gasteiger partial charge on any atom is -0.496 e. The highest BCUT2D eigenvalue weighted by molar-refractivity contribution is 14.0. The SMILES string of the molecule is CCNC(=NCc1cc(OC)c(OC)cc1OC)N1CCOC(C2CCCO2)C1.I. The van der Waals surface area contributed by atoms with Crippen molar-refractivity contribution in [2.24, 2.45) is 4.99 Å². The highest BCUT2D eigenvalue weighted by Crippen LogP contribution is 2.35. The van der Waals surface area contributed by atoms with E-state index in [2.05, 4.69) is 17.1 Å². The van der Waals surface area contributed by atoms with Crippen LogP contribution in [0.25, 0.3) is 0 Å². The molecule has 0 radical (unpaired) electrons. The van der Waals surface area contributed by atoms with Crippen molar-refractivity contribution < 1.29 is 23.7 Å². The lowest BCUT2D eigenvalue weighted by molar-refractivity contribution is -0.0817. The lowest BCUT2D eigenvalue weighted by atomic mass is 10.1. The Kier molecular flexibility index (Phi) is 10.3. The van der Waals surface area contributed by atoms with Gasteiger partial charge < -0.3 is 33.9 Å². The third-order valence-corrected chi connectivity index (χ3v) is 5.29. The van der Waals surface area contributed by atoms with Crippen LogP contribution in [0.1, 0.15) is 25.3 Å². The van der Waals surface area contributed by atoms with Gasteiger partial charge in [0.05, 0.1) is 40.6 Å². The van der Waals surface area contributed by atoms with Crippen LogP contribution in [0.5, 0.6) is 17.2 Å². The molecule has 0 bridgehead atoms. The molecular formula is C21H34IN3O5. The average molecular weight is 535 g/mol. The number of ether oxygens (including phenoxy) is 5. The monoisotopic (exact) mass is 535 g/mol. The van der Waals surface area contributed by atoms with Gasteiger partial charge in [-0.15, -0.1) is 24.0 Å². The predicted octanol–water partition coefficient (Wildman–Crippen LogP) is 2.68. The second-order valence-corrected chi connectivity index (χ2v) is 7.10. The fraction of sp³-hybridized carbons (Fsp3) is 0.667. The first-order valence-corrected chi connectivity index (χ1v) is 10.3. The first kappa shape index (κ1) is 24.8. The summed E-state index contributed by atoms with van der Waals surface area (Å²) in [5.74, 6) is 2.89. The average Bonchev–Trinajstić information content (AvgIpc) is 3.31. The standard InChI is InChI=1S/C21H33N3O5.HI/c1-5-22-21(24-8-10-29-20(14-24)16-7-6-9-28-16)23-13-15-11-18(26-3)19(27-4)12-17(15)25-2;/h11-12,16,20H,5-10,13-14H2,1-4H3,(H,22,23);1H. The second-order valence-electron chi connectivity index (χ2n) is 7.10. The lowest BCUT2D eigenvalue weighted by Crippen LogP contribution is -2.53. The van der Waals surface area contributed by atoms with Crippen LogP contribution in [-0.4, -0.2) is 77.2 Å². The van der Waals surface area contributed by atoms with Crippen LogP contribution < -0.4 is 19.5 Å². The largest absolute Gasteiger partial charge is 0.496 e. The summed E-state index contributed by atoms with van der Waals surface area (Å²) in [6.07, 6.45) is 2.45. The van der Waals surface area contributed by atoms with Crippen molar-refractivity contribution in [2.75, 3.05) is 54.2 Å². The summed E-state index contributed by atoms with van der Waals surface area (Å²) in [6.45, 7) is 6.42. The van der Waals surface area contributed by atoms with Crippen molar-refractivity contribution in [3.8, 4) is 17.2 Å². The number of rotatable bonds is 7. The molecule has 2 unspecified atom stereocenters. The molecule has 2 aliphatic rings. The first-order valence-electron chi connectivity index (χ1n) is 10.3. The number of nitrogens with zero attached hydrogens (tertiary/aromatic N) is 2. The van der Waals surface area contributed by atoms with Crippen LogP contribution in [0.4, 0.5) is 0 Å². The number of hydrogen-bond acceptors (Lipinski definition) is 6. The van der Waals surface area contributed by atoms with Gasteiger partial charge in [0.25, 0.3) is 0 Å². The summed E-state index contributed by atoms with van der Waals surface area (Å²) < 4.78 is 28.1. The van der Waals surface area contributed by atoms with Crippen molar-refractivity contribution in [3.63, 3.8) is 0 Å².